The van der Waals surface area contributed by atoms with E-state index in [0.717, 1.165) is 77.3 Å². The van der Waals surface area contributed by atoms with Crippen molar-refractivity contribution in [3.63, 3.8) is 0 Å². The maximum absolute atomic E-state index is 14.2. The van der Waals surface area contributed by atoms with Crippen LogP contribution in [0.4, 0.5) is 10.1 Å². The quantitative estimate of drug-likeness (QED) is 0.726. The molecule has 3 heterocycles. The molecule has 0 aliphatic carbocycles. The highest BCUT2D eigenvalue weighted by Gasteiger charge is 2.33. The molecule has 1 aromatic carbocycles. The van der Waals surface area contributed by atoms with Gasteiger partial charge < -0.3 is 14.5 Å². The summed E-state index contributed by atoms with van der Waals surface area (Å²) in [5, 5.41) is 12.7. The lowest BCUT2D eigenvalue weighted by Gasteiger charge is -2.37. The summed E-state index contributed by atoms with van der Waals surface area (Å²) in [6, 6.07) is 7.33. The number of nitrogens with zero attached hydrogens (tertiary/aromatic N) is 5. The third-order valence-electron chi connectivity index (χ3n) is 6.21. The van der Waals surface area contributed by atoms with Gasteiger partial charge in [-0.3, -0.25) is 0 Å². The number of unbranched alkanes of at least 4 members (excludes halogenated alkanes) is 1. The van der Waals surface area contributed by atoms with Crippen LogP contribution in [0.3, 0.4) is 0 Å². The van der Waals surface area contributed by atoms with Crippen LogP contribution in [0.25, 0.3) is 0 Å². The number of aromatic nitrogens is 4. The number of hydrogen-bond acceptors (Lipinski definition) is 5. The molecule has 1 N–H and O–H groups in total. The van der Waals surface area contributed by atoms with E-state index in [2.05, 4.69) is 27.3 Å². The number of nitrogens with one attached hydrogen (secondary N) is 1. The maximum Gasteiger partial charge on any atom is 0.209 e. The van der Waals surface area contributed by atoms with Gasteiger partial charge in [0.1, 0.15) is 11.9 Å². The summed E-state index contributed by atoms with van der Waals surface area (Å²) < 4.78 is 21.9. The van der Waals surface area contributed by atoms with Crippen LogP contribution in [0, 0.1) is 5.82 Å². The number of ether oxygens (including phenoxy) is 1. The predicted octanol–water partition coefficient (Wildman–Crippen LogP) is 1.63. The Morgan fingerprint density at radius 3 is 2.83 bits per heavy atom. The lowest BCUT2D eigenvalue weighted by molar-refractivity contribution is -0.933. The van der Waals surface area contributed by atoms with Gasteiger partial charge in [-0.15, -0.1) is 5.10 Å². The largest absolute Gasteiger partial charge is 0.376 e. The maximum atomic E-state index is 14.2. The molecule has 1 aromatic heterocycles. The fraction of sp³-hybridized carbons (Fsp3) is 0.667. The third kappa shape index (κ3) is 4.75. The zero-order valence-electron chi connectivity index (χ0n) is 17.3. The van der Waals surface area contributed by atoms with E-state index < -0.39 is 0 Å². The summed E-state index contributed by atoms with van der Waals surface area (Å²) in [5.74, 6) is 0.835. The van der Waals surface area contributed by atoms with Crippen molar-refractivity contribution < 1.29 is 14.0 Å². The first-order chi connectivity index (χ1) is 14.3. The highest BCUT2D eigenvalue weighted by Crippen LogP contribution is 2.21. The first-order valence-corrected chi connectivity index (χ1v) is 11.0. The van der Waals surface area contributed by atoms with Crippen LogP contribution in [0.15, 0.2) is 24.3 Å². The van der Waals surface area contributed by atoms with Crippen molar-refractivity contribution in [3.05, 3.63) is 35.9 Å². The smallest absolute Gasteiger partial charge is 0.209 e. The zero-order valence-corrected chi connectivity index (χ0v) is 17.3. The second-order valence-corrected chi connectivity index (χ2v) is 8.15. The Kier molecular flexibility index (Phi) is 6.71. The minimum Gasteiger partial charge on any atom is -0.376 e. The standard InChI is InChI=1S/C21H31FN6O/c1-2-3-9-20(21-23-24-25-28(21)16-17-7-6-15-29-17)27-13-11-26(12-14-27)19-10-5-4-8-18(19)22/h4-5,8,10,17,20H,2-3,6-7,9,11-16H2,1H3/p+1/t17-,20+/m1/s1. The third-order valence-corrected chi connectivity index (χ3v) is 6.21. The second-order valence-electron chi connectivity index (χ2n) is 8.15. The van der Waals surface area contributed by atoms with Gasteiger partial charge in [-0.1, -0.05) is 25.5 Å². The second kappa shape index (κ2) is 9.63. The Morgan fingerprint density at radius 1 is 1.28 bits per heavy atom. The van der Waals surface area contributed by atoms with E-state index in [1.54, 1.807) is 6.07 Å². The average molecular weight is 404 g/mol. The lowest BCUT2D eigenvalue weighted by Crippen LogP contribution is -3.15. The van der Waals surface area contributed by atoms with Crippen LogP contribution in [0.1, 0.15) is 50.9 Å². The molecule has 0 spiro atoms. The van der Waals surface area contributed by atoms with Crippen molar-refractivity contribution in [2.45, 2.75) is 57.7 Å². The van der Waals surface area contributed by atoms with E-state index in [0.29, 0.717) is 5.69 Å². The van der Waals surface area contributed by atoms with Crippen molar-refractivity contribution in [1.82, 2.24) is 20.2 Å². The van der Waals surface area contributed by atoms with Gasteiger partial charge >= 0.3 is 0 Å². The molecular formula is C21H32FN6O+. The van der Waals surface area contributed by atoms with Gasteiger partial charge in [-0.05, 0) is 41.8 Å². The van der Waals surface area contributed by atoms with Crippen molar-refractivity contribution in [2.75, 3.05) is 37.7 Å². The highest BCUT2D eigenvalue weighted by molar-refractivity contribution is 5.47. The number of rotatable bonds is 8. The first-order valence-electron chi connectivity index (χ1n) is 11.0. The summed E-state index contributed by atoms with van der Waals surface area (Å²) >= 11 is 0. The van der Waals surface area contributed by atoms with E-state index in [-0.39, 0.29) is 18.0 Å². The topological polar surface area (TPSA) is 60.5 Å². The molecule has 0 radical (unpaired) electrons. The van der Waals surface area contributed by atoms with Crippen molar-refractivity contribution in [3.8, 4) is 0 Å². The fourth-order valence-corrected chi connectivity index (χ4v) is 4.59. The molecule has 0 amide bonds. The van der Waals surface area contributed by atoms with E-state index in [1.807, 2.05) is 16.8 Å². The summed E-state index contributed by atoms with van der Waals surface area (Å²) in [4.78, 5) is 3.65. The van der Waals surface area contributed by atoms with Gasteiger partial charge in [0.25, 0.3) is 0 Å². The number of para-hydroxylation sites is 1. The Hall–Kier alpha value is -2.06. The summed E-state index contributed by atoms with van der Waals surface area (Å²) in [5.41, 5.74) is 0.708. The van der Waals surface area contributed by atoms with Gasteiger partial charge in [0.15, 0.2) is 0 Å². The van der Waals surface area contributed by atoms with Gasteiger partial charge in [-0.25, -0.2) is 9.07 Å². The minimum atomic E-state index is -0.140. The van der Waals surface area contributed by atoms with Gasteiger partial charge in [0.2, 0.25) is 5.82 Å². The number of piperazine rings is 1. The minimum absolute atomic E-state index is 0.140. The Bertz CT molecular complexity index is 770. The molecule has 2 saturated heterocycles. The number of anilines is 1. The Balaban J connectivity index is 1.45. The molecule has 0 unspecified atom stereocenters. The average Bonchev–Trinajstić information content (AvgIpc) is 3.42. The van der Waals surface area contributed by atoms with Crippen molar-refractivity contribution in [2.24, 2.45) is 0 Å². The number of halogens is 1. The SMILES string of the molecule is CCCC[C@@H](c1nnnn1C[C@H]1CCCO1)[NH+]1CCN(c2ccccc2F)CC1. The monoisotopic (exact) mass is 403 g/mol. The number of hydrogen-bond donors (Lipinski definition) is 1. The van der Waals surface area contributed by atoms with Crippen LogP contribution >= 0.6 is 0 Å². The Labute approximate surface area is 171 Å². The normalized spacial score (nSPS) is 21.6. The zero-order chi connectivity index (χ0) is 20.1. The van der Waals surface area contributed by atoms with Crippen LogP contribution < -0.4 is 9.80 Å². The van der Waals surface area contributed by atoms with Crippen molar-refractivity contribution >= 4 is 5.69 Å². The molecule has 0 bridgehead atoms. The molecular weight excluding hydrogens is 371 g/mol. The molecule has 158 valence electrons. The first kappa shape index (κ1) is 20.2. The van der Waals surface area contributed by atoms with Gasteiger partial charge in [0, 0.05) is 13.0 Å². The molecule has 0 saturated carbocycles. The molecule has 2 aliphatic rings. The lowest BCUT2D eigenvalue weighted by atomic mass is 10.1. The van der Waals surface area contributed by atoms with Crippen LogP contribution in [0.2, 0.25) is 0 Å². The van der Waals surface area contributed by atoms with Crippen molar-refractivity contribution in [1.29, 1.82) is 0 Å². The van der Waals surface area contributed by atoms with Crippen LogP contribution in [-0.2, 0) is 11.3 Å². The van der Waals surface area contributed by atoms with Crippen LogP contribution in [-0.4, -0.2) is 59.1 Å². The molecule has 29 heavy (non-hydrogen) atoms. The summed E-state index contributed by atoms with van der Waals surface area (Å²) in [7, 11) is 0. The molecule has 2 fully saturated rings. The van der Waals surface area contributed by atoms with E-state index in [4.69, 9.17) is 4.74 Å². The van der Waals surface area contributed by atoms with Crippen LogP contribution in [0.5, 0.6) is 0 Å². The highest BCUT2D eigenvalue weighted by atomic mass is 19.1. The summed E-state index contributed by atoms with van der Waals surface area (Å²) in [6.07, 6.45) is 5.78. The molecule has 2 atom stereocenters. The molecule has 8 heteroatoms. The molecule has 4 rings (SSSR count). The van der Waals surface area contributed by atoms with Gasteiger partial charge in [-0.2, -0.15) is 0 Å². The number of quaternary nitrogens is 1. The number of tetrazole rings is 1. The summed E-state index contributed by atoms with van der Waals surface area (Å²) in [6.45, 7) is 7.38. The van der Waals surface area contributed by atoms with E-state index in [1.165, 1.54) is 11.0 Å². The molecule has 2 aliphatic heterocycles. The fourth-order valence-electron chi connectivity index (χ4n) is 4.59. The Morgan fingerprint density at radius 2 is 2.10 bits per heavy atom. The predicted molar refractivity (Wildman–Crippen MR) is 108 cm³/mol. The van der Waals surface area contributed by atoms with Gasteiger partial charge in [0.05, 0.1) is 44.5 Å². The molecule has 7 nitrogen and oxygen atoms in total. The molecule has 2 aromatic rings. The van der Waals surface area contributed by atoms with E-state index >= 15 is 0 Å². The van der Waals surface area contributed by atoms with E-state index in [9.17, 15) is 4.39 Å². The number of benzene rings is 1.